The van der Waals surface area contributed by atoms with Crippen molar-refractivity contribution in [2.24, 2.45) is 0 Å². The number of hydrogen-bond acceptors (Lipinski definition) is 4. The Morgan fingerprint density at radius 1 is 1.03 bits per heavy atom. The summed E-state index contributed by atoms with van der Waals surface area (Å²) in [6.45, 7) is 0.621. The summed E-state index contributed by atoms with van der Waals surface area (Å²) in [6, 6.07) is 11.5. The zero-order chi connectivity index (χ0) is 21.6. The van der Waals surface area contributed by atoms with E-state index >= 15 is 0 Å². The molecule has 0 radical (unpaired) electrons. The van der Waals surface area contributed by atoms with Crippen molar-refractivity contribution in [3.63, 3.8) is 0 Å². The van der Waals surface area contributed by atoms with E-state index in [0.29, 0.717) is 25.8 Å². The average Bonchev–Trinajstić information content (AvgIpc) is 3.21. The smallest absolute Gasteiger partial charge is 0.227 e. The third-order valence-electron chi connectivity index (χ3n) is 6.69. The Morgan fingerprint density at radius 3 is 2.65 bits per heavy atom. The molecule has 7 heteroatoms. The van der Waals surface area contributed by atoms with Crippen molar-refractivity contribution in [3.8, 4) is 0 Å². The van der Waals surface area contributed by atoms with Crippen LogP contribution in [0.1, 0.15) is 54.0 Å². The molecule has 2 aliphatic heterocycles. The molecule has 0 saturated heterocycles. The van der Waals surface area contributed by atoms with Gasteiger partial charge in [0.25, 0.3) is 0 Å². The van der Waals surface area contributed by atoms with Gasteiger partial charge in [-0.25, -0.2) is 8.42 Å². The fourth-order valence-electron chi connectivity index (χ4n) is 5.12. The first kappa shape index (κ1) is 20.2. The minimum absolute atomic E-state index is 0.0480. The van der Waals surface area contributed by atoms with E-state index < -0.39 is 9.84 Å². The maximum absolute atomic E-state index is 13.0. The number of hydrogen-bond donors (Lipinski definition) is 1. The summed E-state index contributed by atoms with van der Waals surface area (Å²) in [6.07, 6.45) is 4.51. The lowest BCUT2D eigenvalue weighted by Crippen LogP contribution is -2.33. The molecule has 31 heavy (non-hydrogen) atoms. The van der Waals surface area contributed by atoms with E-state index in [1.807, 2.05) is 18.2 Å². The van der Waals surface area contributed by atoms with Crippen molar-refractivity contribution in [1.29, 1.82) is 0 Å². The number of sulfone groups is 1. The molecule has 2 heterocycles. The summed E-state index contributed by atoms with van der Waals surface area (Å²) in [4.78, 5) is 26.7. The zero-order valence-corrected chi connectivity index (χ0v) is 18.2. The number of nitrogens with zero attached hydrogens (tertiary/aromatic N) is 1. The van der Waals surface area contributed by atoms with Crippen LogP contribution >= 0.6 is 0 Å². The molecule has 1 N–H and O–H groups in total. The van der Waals surface area contributed by atoms with E-state index in [9.17, 15) is 18.0 Å². The number of benzene rings is 2. The minimum atomic E-state index is -3.58. The van der Waals surface area contributed by atoms with Crippen LogP contribution in [0.5, 0.6) is 0 Å². The Balaban J connectivity index is 1.28. The van der Waals surface area contributed by atoms with Gasteiger partial charge < -0.3 is 10.2 Å². The number of carbonyl (C=O) groups excluding carboxylic acids is 2. The lowest BCUT2D eigenvalue weighted by atomic mass is 9.88. The van der Waals surface area contributed by atoms with E-state index in [-0.39, 0.29) is 34.9 Å². The highest BCUT2D eigenvalue weighted by atomic mass is 32.2. The van der Waals surface area contributed by atoms with Gasteiger partial charge in [-0.15, -0.1) is 0 Å². The van der Waals surface area contributed by atoms with Gasteiger partial charge in [0, 0.05) is 19.4 Å². The second-order valence-electron chi connectivity index (χ2n) is 8.67. The molecule has 1 unspecified atom stereocenters. The van der Waals surface area contributed by atoms with Crippen molar-refractivity contribution in [2.75, 3.05) is 17.2 Å². The van der Waals surface area contributed by atoms with E-state index in [1.54, 1.807) is 17.0 Å². The molecule has 2 amide bonds. The molecule has 1 aliphatic carbocycles. The van der Waals surface area contributed by atoms with Crippen LogP contribution in [-0.4, -0.2) is 32.5 Å². The fraction of sp³-hybridized carbons (Fsp3) is 0.417. The predicted octanol–water partition coefficient (Wildman–Crippen LogP) is 2.88. The van der Waals surface area contributed by atoms with Crippen molar-refractivity contribution in [3.05, 3.63) is 58.7 Å². The molecule has 0 saturated carbocycles. The second-order valence-corrected chi connectivity index (χ2v) is 10.8. The summed E-state index contributed by atoms with van der Waals surface area (Å²) in [5.74, 6) is -0.332. The van der Waals surface area contributed by atoms with Gasteiger partial charge in [0.2, 0.25) is 11.8 Å². The molecule has 2 aromatic carbocycles. The van der Waals surface area contributed by atoms with E-state index in [1.165, 1.54) is 5.56 Å². The van der Waals surface area contributed by atoms with Crippen molar-refractivity contribution in [2.45, 2.75) is 55.9 Å². The van der Waals surface area contributed by atoms with Crippen molar-refractivity contribution >= 4 is 27.3 Å². The summed E-state index contributed by atoms with van der Waals surface area (Å²) >= 11 is 0. The van der Waals surface area contributed by atoms with Gasteiger partial charge in [0.15, 0.2) is 9.84 Å². The van der Waals surface area contributed by atoms with Crippen LogP contribution in [0.2, 0.25) is 0 Å². The highest BCUT2D eigenvalue weighted by Crippen LogP contribution is 2.38. The molecule has 2 aromatic rings. The maximum atomic E-state index is 13.0. The Morgan fingerprint density at radius 2 is 1.81 bits per heavy atom. The molecular formula is C24H26N2O4S. The molecular weight excluding hydrogens is 412 g/mol. The van der Waals surface area contributed by atoms with Crippen LogP contribution in [-0.2, 0) is 38.7 Å². The lowest BCUT2D eigenvalue weighted by molar-refractivity contribution is -0.121. The summed E-state index contributed by atoms with van der Waals surface area (Å²) in [5, 5.41) is 3.04. The highest BCUT2D eigenvalue weighted by molar-refractivity contribution is 7.91. The molecule has 5 rings (SSSR count). The van der Waals surface area contributed by atoms with Crippen LogP contribution in [0.3, 0.4) is 0 Å². The number of anilines is 1. The summed E-state index contributed by atoms with van der Waals surface area (Å²) in [5.41, 5.74) is 5.15. The molecule has 162 valence electrons. The number of fused-ring (bicyclic) bond motifs is 1. The van der Waals surface area contributed by atoms with Gasteiger partial charge in [-0.3, -0.25) is 9.59 Å². The number of carbonyl (C=O) groups is 2. The van der Waals surface area contributed by atoms with Crippen LogP contribution in [0.15, 0.2) is 41.3 Å². The standard InChI is InChI=1S/C24H26N2O4S/c27-22(25-21-7-3-5-16-4-1-2-6-20(16)21)11-13-31(29,30)19-14-17-8-9-23(28)26-12-10-18(15-19)24(17)26/h1-2,4,6,14-15,21H,3,5,7-13H2,(H,25,27). The van der Waals surface area contributed by atoms with Gasteiger partial charge in [-0.2, -0.15) is 0 Å². The lowest BCUT2D eigenvalue weighted by Gasteiger charge is -2.26. The third-order valence-corrected chi connectivity index (χ3v) is 8.38. The van der Waals surface area contributed by atoms with Crippen molar-refractivity contribution in [1.82, 2.24) is 5.32 Å². The van der Waals surface area contributed by atoms with Crippen LogP contribution in [0, 0.1) is 0 Å². The first-order valence-corrected chi connectivity index (χ1v) is 12.6. The predicted molar refractivity (Wildman–Crippen MR) is 118 cm³/mol. The fourth-order valence-corrected chi connectivity index (χ4v) is 6.45. The normalized spacial score (nSPS) is 19.7. The van der Waals surface area contributed by atoms with Crippen LogP contribution < -0.4 is 10.2 Å². The van der Waals surface area contributed by atoms with Gasteiger partial charge in [0.05, 0.1) is 22.4 Å². The largest absolute Gasteiger partial charge is 0.349 e. The number of rotatable bonds is 5. The van der Waals surface area contributed by atoms with Crippen molar-refractivity contribution < 1.29 is 18.0 Å². The molecule has 0 bridgehead atoms. The topological polar surface area (TPSA) is 83.6 Å². The first-order valence-electron chi connectivity index (χ1n) is 11.0. The monoisotopic (exact) mass is 438 g/mol. The second kappa shape index (κ2) is 7.79. The van der Waals surface area contributed by atoms with Crippen LogP contribution in [0.25, 0.3) is 0 Å². The quantitative estimate of drug-likeness (QED) is 0.778. The van der Waals surface area contributed by atoms with Gasteiger partial charge >= 0.3 is 0 Å². The molecule has 1 atom stereocenters. The number of amides is 2. The summed E-state index contributed by atoms with van der Waals surface area (Å²) < 4.78 is 26.0. The maximum Gasteiger partial charge on any atom is 0.227 e. The first-order chi connectivity index (χ1) is 14.9. The molecule has 0 fully saturated rings. The van der Waals surface area contributed by atoms with E-state index in [0.717, 1.165) is 41.6 Å². The van der Waals surface area contributed by atoms with E-state index in [4.69, 9.17) is 0 Å². The minimum Gasteiger partial charge on any atom is -0.349 e. The van der Waals surface area contributed by atoms with Gasteiger partial charge in [-0.1, -0.05) is 24.3 Å². The molecule has 3 aliphatic rings. The Labute approximate surface area is 182 Å². The average molecular weight is 439 g/mol. The molecule has 6 nitrogen and oxygen atoms in total. The Hall–Kier alpha value is -2.67. The third kappa shape index (κ3) is 3.76. The van der Waals surface area contributed by atoms with Crippen LogP contribution in [0.4, 0.5) is 5.69 Å². The van der Waals surface area contributed by atoms with Gasteiger partial charge in [-0.05, 0) is 66.5 Å². The van der Waals surface area contributed by atoms with Gasteiger partial charge in [0.1, 0.15) is 0 Å². The summed E-state index contributed by atoms with van der Waals surface area (Å²) in [7, 11) is -3.58. The highest BCUT2D eigenvalue weighted by Gasteiger charge is 2.33. The molecule has 0 aromatic heterocycles. The Bertz CT molecular complexity index is 1170. The van der Waals surface area contributed by atoms with E-state index in [2.05, 4.69) is 11.4 Å². The number of aryl methyl sites for hydroxylation is 2. The SMILES string of the molecule is O=C(CCS(=O)(=O)c1cc2c3c(c1)CCN3C(=O)CC2)NC1CCCc2ccccc21. The molecule has 0 spiro atoms. The number of nitrogens with one attached hydrogen (secondary N) is 1. The Kier molecular flexibility index (Phi) is 5.08. The zero-order valence-electron chi connectivity index (χ0n) is 17.4.